The molecule has 0 radical (unpaired) electrons. The van der Waals surface area contributed by atoms with Crippen LogP contribution in [0.5, 0.6) is 0 Å². The molecular weight excluding hydrogens is 324 g/mol. The Morgan fingerprint density at radius 1 is 1.61 bits per heavy atom. The van der Waals surface area contributed by atoms with Gasteiger partial charge in [0.15, 0.2) is 10.4 Å². The SMILES string of the molecule is CC1CCN(C(=O)c2cc(S(N)(=O)=O)c(Br)o2)C1. The van der Waals surface area contributed by atoms with E-state index in [9.17, 15) is 13.2 Å². The fourth-order valence-electron chi connectivity index (χ4n) is 1.93. The number of sulfonamides is 1. The molecule has 2 rings (SSSR count). The summed E-state index contributed by atoms with van der Waals surface area (Å²) in [5.74, 6) is 0.125. The van der Waals surface area contributed by atoms with E-state index in [0.717, 1.165) is 12.5 Å². The van der Waals surface area contributed by atoms with Crippen molar-refractivity contribution < 1.29 is 17.6 Å². The van der Waals surface area contributed by atoms with Crippen LogP contribution in [0.25, 0.3) is 0 Å². The molecule has 6 nitrogen and oxygen atoms in total. The van der Waals surface area contributed by atoms with Gasteiger partial charge >= 0.3 is 0 Å². The summed E-state index contributed by atoms with van der Waals surface area (Å²) in [6.07, 6.45) is 0.940. The summed E-state index contributed by atoms with van der Waals surface area (Å²) < 4.78 is 27.5. The first kappa shape index (κ1) is 13.6. The molecule has 0 aliphatic carbocycles. The lowest BCUT2D eigenvalue weighted by Gasteiger charge is -2.13. The molecule has 1 atom stereocenters. The first-order chi connectivity index (χ1) is 8.29. The van der Waals surface area contributed by atoms with Crippen LogP contribution in [-0.2, 0) is 10.0 Å². The Balaban J connectivity index is 2.27. The van der Waals surface area contributed by atoms with E-state index in [1.807, 2.05) is 0 Å². The van der Waals surface area contributed by atoms with Crippen LogP contribution in [0.15, 0.2) is 20.0 Å². The Hall–Kier alpha value is -0.860. The smallest absolute Gasteiger partial charge is 0.289 e. The fourth-order valence-corrected chi connectivity index (χ4v) is 3.43. The van der Waals surface area contributed by atoms with Crippen molar-refractivity contribution in [3.63, 3.8) is 0 Å². The molecule has 1 amide bonds. The molecule has 1 unspecified atom stereocenters. The van der Waals surface area contributed by atoms with Crippen LogP contribution >= 0.6 is 15.9 Å². The number of halogens is 1. The van der Waals surface area contributed by atoms with Crippen LogP contribution in [0, 0.1) is 5.92 Å². The fraction of sp³-hybridized carbons (Fsp3) is 0.500. The highest BCUT2D eigenvalue weighted by atomic mass is 79.9. The summed E-state index contributed by atoms with van der Waals surface area (Å²) in [7, 11) is -3.89. The molecule has 1 aliphatic heterocycles. The Kier molecular flexibility index (Phi) is 3.52. The van der Waals surface area contributed by atoms with E-state index in [1.54, 1.807) is 4.90 Å². The third-order valence-electron chi connectivity index (χ3n) is 2.88. The molecule has 0 saturated carbocycles. The highest BCUT2D eigenvalue weighted by molar-refractivity contribution is 9.10. The Bertz CT molecular complexity index is 581. The minimum atomic E-state index is -3.89. The van der Waals surface area contributed by atoms with Crippen LogP contribution in [0.3, 0.4) is 0 Å². The second-order valence-electron chi connectivity index (χ2n) is 4.44. The number of hydrogen-bond donors (Lipinski definition) is 1. The predicted octanol–water partition coefficient (Wildman–Crippen LogP) is 1.17. The zero-order chi connectivity index (χ0) is 13.5. The molecule has 1 saturated heterocycles. The number of carbonyl (C=O) groups is 1. The molecule has 18 heavy (non-hydrogen) atoms. The van der Waals surface area contributed by atoms with Crippen LogP contribution in [0.2, 0.25) is 0 Å². The van der Waals surface area contributed by atoms with Crippen molar-refractivity contribution in [1.82, 2.24) is 4.90 Å². The van der Waals surface area contributed by atoms with Gasteiger partial charge in [0.1, 0.15) is 4.90 Å². The topological polar surface area (TPSA) is 93.6 Å². The van der Waals surface area contributed by atoms with Gasteiger partial charge in [-0.2, -0.15) is 0 Å². The van der Waals surface area contributed by atoms with Crippen LogP contribution in [0.1, 0.15) is 23.9 Å². The first-order valence-corrected chi connectivity index (χ1v) is 7.74. The minimum Gasteiger partial charge on any atom is -0.443 e. The lowest BCUT2D eigenvalue weighted by molar-refractivity contribution is 0.0755. The van der Waals surface area contributed by atoms with Gasteiger partial charge in [0.2, 0.25) is 10.0 Å². The van der Waals surface area contributed by atoms with Gasteiger partial charge in [0.25, 0.3) is 5.91 Å². The molecule has 2 heterocycles. The highest BCUT2D eigenvalue weighted by Crippen LogP contribution is 2.27. The number of carbonyl (C=O) groups excluding carboxylic acids is 1. The second kappa shape index (κ2) is 4.67. The lowest BCUT2D eigenvalue weighted by Crippen LogP contribution is -2.28. The van der Waals surface area contributed by atoms with Gasteiger partial charge in [-0.3, -0.25) is 4.79 Å². The maximum absolute atomic E-state index is 12.1. The van der Waals surface area contributed by atoms with E-state index in [0.29, 0.717) is 19.0 Å². The first-order valence-electron chi connectivity index (χ1n) is 5.40. The molecule has 0 aromatic carbocycles. The van der Waals surface area contributed by atoms with Gasteiger partial charge < -0.3 is 9.32 Å². The standard InChI is InChI=1S/C10H13BrN2O4S/c1-6-2-3-13(5-6)10(14)7-4-8(9(11)17-7)18(12,15)16/h4,6H,2-3,5H2,1H3,(H2,12,15,16). The van der Waals surface area contributed by atoms with Gasteiger partial charge in [-0.25, -0.2) is 13.6 Å². The van der Waals surface area contributed by atoms with Crippen molar-refractivity contribution in [3.05, 3.63) is 16.5 Å². The van der Waals surface area contributed by atoms with Crippen molar-refractivity contribution in [1.29, 1.82) is 0 Å². The highest BCUT2D eigenvalue weighted by Gasteiger charge is 2.28. The molecule has 100 valence electrons. The summed E-state index contributed by atoms with van der Waals surface area (Å²) in [5, 5.41) is 5.00. The largest absolute Gasteiger partial charge is 0.443 e. The molecule has 2 N–H and O–H groups in total. The van der Waals surface area contributed by atoms with Crippen molar-refractivity contribution in [3.8, 4) is 0 Å². The summed E-state index contributed by atoms with van der Waals surface area (Å²) >= 11 is 2.95. The van der Waals surface area contributed by atoms with E-state index < -0.39 is 10.0 Å². The van der Waals surface area contributed by atoms with Gasteiger partial charge in [0.05, 0.1) is 0 Å². The molecule has 1 aromatic rings. The number of hydrogen-bond acceptors (Lipinski definition) is 4. The monoisotopic (exact) mass is 336 g/mol. The van der Waals surface area contributed by atoms with Crippen molar-refractivity contribution in [2.45, 2.75) is 18.2 Å². The van der Waals surface area contributed by atoms with Crippen LogP contribution in [0.4, 0.5) is 0 Å². The summed E-state index contributed by atoms with van der Waals surface area (Å²) in [5.41, 5.74) is 0. The van der Waals surface area contributed by atoms with Gasteiger partial charge in [-0.05, 0) is 28.3 Å². The van der Waals surface area contributed by atoms with Crippen LogP contribution < -0.4 is 5.14 Å². The number of nitrogens with zero attached hydrogens (tertiary/aromatic N) is 1. The third kappa shape index (κ3) is 2.60. The molecule has 1 fully saturated rings. The molecule has 0 bridgehead atoms. The predicted molar refractivity (Wildman–Crippen MR) is 67.5 cm³/mol. The molecular formula is C10H13BrN2O4S. The Labute approximate surface area is 113 Å². The molecule has 1 aliphatic rings. The molecule has 0 spiro atoms. The van der Waals surface area contributed by atoms with E-state index in [1.165, 1.54) is 0 Å². The van der Waals surface area contributed by atoms with Crippen molar-refractivity contribution in [2.24, 2.45) is 11.1 Å². The zero-order valence-corrected chi connectivity index (χ0v) is 12.1. The van der Waals surface area contributed by atoms with Gasteiger partial charge in [0, 0.05) is 19.2 Å². The van der Waals surface area contributed by atoms with Crippen molar-refractivity contribution in [2.75, 3.05) is 13.1 Å². The number of furan rings is 1. The zero-order valence-electron chi connectivity index (χ0n) is 9.72. The third-order valence-corrected chi connectivity index (χ3v) is 4.65. The number of nitrogens with two attached hydrogens (primary N) is 1. The maximum Gasteiger partial charge on any atom is 0.289 e. The van der Waals surface area contributed by atoms with Gasteiger partial charge in [-0.15, -0.1) is 0 Å². The number of amides is 1. The van der Waals surface area contributed by atoms with Crippen molar-refractivity contribution >= 4 is 31.9 Å². The second-order valence-corrected chi connectivity index (χ2v) is 6.69. The number of rotatable bonds is 2. The number of likely N-dealkylation sites (tertiary alicyclic amines) is 1. The maximum atomic E-state index is 12.1. The van der Waals surface area contributed by atoms with Crippen LogP contribution in [-0.4, -0.2) is 32.3 Å². The summed E-state index contributed by atoms with van der Waals surface area (Å²) in [4.78, 5) is 13.5. The molecule has 8 heteroatoms. The quantitative estimate of drug-likeness (QED) is 0.877. The number of primary sulfonamides is 1. The normalized spacial score (nSPS) is 20.4. The lowest BCUT2D eigenvalue weighted by atomic mass is 10.2. The summed E-state index contributed by atoms with van der Waals surface area (Å²) in [6.45, 7) is 3.37. The van der Waals surface area contributed by atoms with E-state index in [4.69, 9.17) is 9.56 Å². The average Bonchev–Trinajstić information content (AvgIpc) is 2.82. The van der Waals surface area contributed by atoms with Gasteiger partial charge in [-0.1, -0.05) is 6.92 Å². The van der Waals surface area contributed by atoms with E-state index >= 15 is 0 Å². The Morgan fingerprint density at radius 2 is 2.28 bits per heavy atom. The van der Waals surface area contributed by atoms with E-state index in [2.05, 4.69) is 22.9 Å². The summed E-state index contributed by atoms with van der Waals surface area (Å²) in [6, 6.07) is 1.16. The average molecular weight is 337 g/mol. The molecule has 1 aromatic heterocycles. The Morgan fingerprint density at radius 3 is 2.72 bits per heavy atom. The minimum absolute atomic E-state index is 0.0139. The van der Waals surface area contributed by atoms with E-state index in [-0.39, 0.29) is 21.2 Å².